The molecule has 8 heteroatoms. The summed E-state index contributed by atoms with van der Waals surface area (Å²) in [5.41, 5.74) is -0.707. The van der Waals surface area contributed by atoms with Crippen molar-refractivity contribution < 1.29 is 24.0 Å². The summed E-state index contributed by atoms with van der Waals surface area (Å²) in [6.45, 7) is 0. The third-order valence-corrected chi connectivity index (χ3v) is 2.33. The standard InChI is InChI=1S/C12H7FN2O5/c13-8-2-1-3-9(15(18)19)11(8)20-10-6-7(12(16)17)4-5-14-10/h1-6H,(H,16,17). The molecule has 20 heavy (non-hydrogen) atoms. The number of hydrogen-bond acceptors (Lipinski definition) is 5. The van der Waals surface area contributed by atoms with Gasteiger partial charge < -0.3 is 9.84 Å². The summed E-state index contributed by atoms with van der Waals surface area (Å²) in [5.74, 6) is -3.03. The van der Waals surface area contributed by atoms with Crippen LogP contribution in [0.3, 0.4) is 0 Å². The van der Waals surface area contributed by atoms with Crippen LogP contribution in [-0.4, -0.2) is 21.0 Å². The van der Waals surface area contributed by atoms with Crippen LogP contribution in [0.5, 0.6) is 11.6 Å². The second-order valence-electron chi connectivity index (χ2n) is 3.64. The lowest BCUT2D eigenvalue weighted by Crippen LogP contribution is -2.00. The Kier molecular flexibility index (Phi) is 3.56. The van der Waals surface area contributed by atoms with Crippen molar-refractivity contribution in [3.8, 4) is 11.6 Å². The molecule has 0 saturated heterocycles. The second kappa shape index (κ2) is 5.31. The number of nitro groups is 1. The molecule has 2 aromatic rings. The fourth-order valence-corrected chi connectivity index (χ4v) is 1.45. The van der Waals surface area contributed by atoms with E-state index in [-0.39, 0.29) is 11.4 Å². The summed E-state index contributed by atoms with van der Waals surface area (Å²) in [5, 5.41) is 19.6. The van der Waals surface area contributed by atoms with E-state index >= 15 is 0 Å². The number of para-hydroxylation sites is 1. The largest absolute Gasteiger partial charge is 0.478 e. The Hall–Kier alpha value is -3.03. The van der Waals surface area contributed by atoms with E-state index in [2.05, 4.69) is 4.98 Å². The average molecular weight is 278 g/mol. The van der Waals surface area contributed by atoms with Crippen molar-refractivity contribution in [2.24, 2.45) is 0 Å². The first kappa shape index (κ1) is 13.4. The zero-order chi connectivity index (χ0) is 14.7. The van der Waals surface area contributed by atoms with Crippen LogP contribution in [-0.2, 0) is 0 Å². The number of nitro benzene ring substituents is 1. The zero-order valence-electron chi connectivity index (χ0n) is 9.82. The number of nitrogens with zero attached hydrogens (tertiary/aromatic N) is 2. The molecule has 0 aliphatic heterocycles. The number of aromatic nitrogens is 1. The highest BCUT2D eigenvalue weighted by atomic mass is 19.1. The maximum atomic E-state index is 13.6. The zero-order valence-corrected chi connectivity index (χ0v) is 9.82. The molecule has 102 valence electrons. The van der Waals surface area contributed by atoms with E-state index in [0.717, 1.165) is 24.4 Å². The predicted octanol–water partition coefficient (Wildman–Crippen LogP) is 2.62. The maximum absolute atomic E-state index is 13.6. The highest BCUT2D eigenvalue weighted by molar-refractivity contribution is 5.87. The van der Waals surface area contributed by atoms with Gasteiger partial charge >= 0.3 is 11.7 Å². The topological polar surface area (TPSA) is 103 Å². The van der Waals surface area contributed by atoms with Crippen molar-refractivity contribution in [3.63, 3.8) is 0 Å². The number of ether oxygens (including phenoxy) is 1. The molecule has 0 atom stereocenters. The Balaban J connectivity index is 2.42. The van der Waals surface area contributed by atoms with Crippen molar-refractivity contribution in [2.75, 3.05) is 0 Å². The lowest BCUT2D eigenvalue weighted by molar-refractivity contribution is -0.385. The van der Waals surface area contributed by atoms with Gasteiger partial charge in [0.05, 0.1) is 10.5 Å². The first-order chi connectivity index (χ1) is 9.49. The number of carbonyl (C=O) groups is 1. The van der Waals surface area contributed by atoms with Gasteiger partial charge in [0.25, 0.3) is 0 Å². The van der Waals surface area contributed by atoms with Crippen molar-refractivity contribution in [1.82, 2.24) is 4.98 Å². The molecular weight excluding hydrogens is 271 g/mol. The van der Waals surface area contributed by atoms with Crippen LogP contribution < -0.4 is 4.74 Å². The minimum Gasteiger partial charge on any atom is -0.478 e. The first-order valence-electron chi connectivity index (χ1n) is 5.29. The van der Waals surface area contributed by atoms with Crippen LogP contribution in [0.2, 0.25) is 0 Å². The maximum Gasteiger partial charge on any atom is 0.335 e. The van der Waals surface area contributed by atoms with Gasteiger partial charge in [-0.15, -0.1) is 0 Å². The van der Waals surface area contributed by atoms with Gasteiger partial charge in [0.15, 0.2) is 5.82 Å². The third-order valence-electron chi connectivity index (χ3n) is 2.33. The van der Waals surface area contributed by atoms with Crippen LogP contribution in [0.15, 0.2) is 36.5 Å². The van der Waals surface area contributed by atoms with E-state index in [9.17, 15) is 19.3 Å². The van der Waals surface area contributed by atoms with Gasteiger partial charge in [-0.1, -0.05) is 6.07 Å². The van der Waals surface area contributed by atoms with Gasteiger partial charge in [0, 0.05) is 18.3 Å². The van der Waals surface area contributed by atoms with Gasteiger partial charge in [-0.3, -0.25) is 10.1 Å². The number of hydrogen-bond donors (Lipinski definition) is 1. The molecule has 0 amide bonds. The Bertz CT molecular complexity index is 689. The minimum absolute atomic E-state index is 0.131. The summed E-state index contributed by atoms with van der Waals surface area (Å²) in [4.78, 5) is 24.4. The van der Waals surface area contributed by atoms with Crippen LogP contribution in [0.1, 0.15) is 10.4 Å². The van der Waals surface area contributed by atoms with Crippen LogP contribution >= 0.6 is 0 Å². The van der Waals surface area contributed by atoms with Crippen LogP contribution in [0.4, 0.5) is 10.1 Å². The summed E-state index contributed by atoms with van der Waals surface area (Å²) >= 11 is 0. The van der Waals surface area contributed by atoms with Gasteiger partial charge in [-0.05, 0) is 12.1 Å². The molecule has 0 aliphatic rings. The second-order valence-corrected chi connectivity index (χ2v) is 3.64. The van der Waals surface area contributed by atoms with Crippen LogP contribution in [0.25, 0.3) is 0 Å². The highest BCUT2D eigenvalue weighted by Gasteiger charge is 2.21. The molecule has 0 fully saturated rings. The Morgan fingerprint density at radius 2 is 2.15 bits per heavy atom. The molecule has 7 nitrogen and oxygen atoms in total. The molecule has 0 saturated carbocycles. The predicted molar refractivity (Wildman–Crippen MR) is 64.3 cm³/mol. The van der Waals surface area contributed by atoms with Gasteiger partial charge in [0.1, 0.15) is 0 Å². The molecule has 0 spiro atoms. The smallest absolute Gasteiger partial charge is 0.335 e. The fourth-order valence-electron chi connectivity index (χ4n) is 1.45. The molecule has 1 N–H and O–H groups in total. The van der Waals surface area contributed by atoms with Gasteiger partial charge in [0.2, 0.25) is 11.6 Å². The molecule has 2 rings (SSSR count). The Morgan fingerprint density at radius 1 is 1.40 bits per heavy atom. The molecular formula is C12H7FN2O5. The van der Waals surface area contributed by atoms with Crippen molar-refractivity contribution in [2.45, 2.75) is 0 Å². The van der Waals surface area contributed by atoms with Crippen LogP contribution in [0, 0.1) is 15.9 Å². The molecule has 0 unspecified atom stereocenters. The Labute approximate surface area is 111 Å². The summed E-state index contributed by atoms with van der Waals surface area (Å²) in [7, 11) is 0. The quantitative estimate of drug-likeness (QED) is 0.681. The monoisotopic (exact) mass is 278 g/mol. The highest BCUT2D eigenvalue weighted by Crippen LogP contribution is 2.33. The number of pyridine rings is 1. The lowest BCUT2D eigenvalue weighted by atomic mass is 10.2. The normalized spacial score (nSPS) is 10.1. The number of halogens is 1. The first-order valence-corrected chi connectivity index (χ1v) is 5.29. The molecule has 0 bridgehead atoms. The minimum atomic E-state index is -1.22. The van der Waals surface area contributed by atoms with E-state index in [4.69, 9.17) is 9.84 Å². The lowest BCUT2D eigenvalue weighted by Gasteiger charge is -2.06. The van der Waals surface area contributed by atoms with E-state index in [1.54, 1.807) is 0 Å². The Morgan fingerprint density at radius 3 is 2.80 bits per heavy atom. The fraction of sp³-hybridized carbons (Fsp3) is 0. The summed E-state index contributed by atoms with van der Waals surface area (Å²) < 4.78 is 18.6. The van der Waals surface area contributed by atoms with E-state index in [1.165, 1.54) is 12.1 Å². The van der Waals surface area contributed by atoms with Crippen molar-refractivity contribution >= 4 is 11.7 Å². The number of aromatic carboxylic acids is 1. The summed E-state index contributed by atoms with van der Waals surface area (Å²) in [6, 6.07) is 5.48. The number of carboxylic acid groups (broad SMARTS) is 1. The van der Waals surface area contributed by atoms with Gasteiger partial charge in [-0.2, -0.15) is 0 Å². The molecule has 1 aromatic heterocycles. The molecule has 0 aliphatic carbocycles. The number of carboxylic acids is 1. The molecule has 1 aromatic carbocycles. The molecule has 1 heterocycles. The SMILES string of the molecule is O=C(O)c1ccnc(Oc2c(F)cccc2[N+](=O)[O-])c1. The van der Waals surface area contributed by atoms with Gasteiger partial charge in [-0.25, -0.2) is 14.2 Å². The van der Waals surface area contributed by atoms with Crippen molar-refractivity contribution in [1.29, 1.82) is 0 Å². The average Bonchev–Trinajstić information content (AvgIpc) is 2.41. The van der Waals surface area contributed by atoms with E-state index in [0.29, 0.717) is 0 Å². The number of benzene rings is 1. The molecule has 0 radical (unpaired) electrons. The van der Waals surface area contributed by atoms with Crippen molar-refractivity contribution in [3.05, 3.63) is 58.0 Å². The van der Waals surface area contributed by atoms with E-state index in [1.807, 2.05) is 0 Å². The van der Waals surface area contributed by atoms with E-state index < -0.39 is 28.1 Å². The third kappa shape index (κ3) is 2.69. The number of rotatable bonds is 4. The summed E-state index contributed by atoms with van der Waals surface area (Å²) in [6.07, 6.45) is 1.14.